The fraction of sp³-hybridized carbons (Fsp3) is 0. The van der Waals surface area contributed by atoms with Crippen molar-refractivity contribution in [2.24, 2.45) is 0 Å². The van der Waals surface area contributed by atoms with Gasteiger partial charge in [-0.05, 0) is 60.3 Å². The third kappa shape index (κ3) is 3.33. The standard InChI is InChI=1S/C17H10Cl2N2O2S/c18-11-3-1-10(2-4-11)9-14-15(22)20-17(24)21(16(14)23)13-7-5-12(19)6-8-13/h1-9H,(H,20,22,24). The lowest BCUT2D eigenvalue weighted by Gasteiger charge is -2.28. The molecule has 0 radical (unpaired) electrons. The first kappa shape index (κ1) is 16.6. The highest BCUT2D eigenvalue weighted by atomic mass is 35.5. The Bertz CT molecular complexity index is 861. The van der Waals surface area contributed by atoms with Gasteiger partial charge in [-0.3, -0.25) is 19.8 Å². The lowest BCUT2D eigenvalue weighted by molar-refractivity contribution is -0.122. The number of anilines is 1. The van der Waals surface area contributed by atoms with Crippen LogP contribution in [0.2, 0.25) is 10.0 Å². The molecule has 24 heavy (non-hydrogen) atoms. The molecule has 0 aliphatic carbocycles. The number of hydrogen-bond donors (Lipinski definition) is 1. The summed E-state index contributed by atoms with van der Waals surface area (Å²) in [5.41, 5.74) is 1.19. The summed E-state index contributed by atoms with van der Waals surface area (Å²) in [6, 6.07) is 13.4. The maximum atomic E-state index is 12.8. The van der Waals surface area contributed by atoms with Gasteiger partial charge < -0.3 is 0 Å². The molecule has 1 aliphatic rings. The minimum Gasteiger partial charge on any atom is -0.298 e. The Labute approximate surface area is 153 Å². The molecule has 120 valence electrons. The largest absolute Gasteiger partial charge is 0.298 e. The minimum atomic E-state index is -0.537. The van der Waals surface area contributed by atoms with Crippen LogP contribution in [-0.4, -0.2) is 16.9 Å². The topological polar surface area (TPSA) is 49.4 Å². The van der Waals surface area contributed by atoms with Crippen LogP contribution in [0.15, 0.2) is 54.1 Å². The van der Waals surface area contributed by atoms with Gasteiger partial charge in [0.25, 0.3) is 11.8 Å². The first-order chi connectivity index (χ1) is 11.5. The van der Waals surface area contributed by atoms with Crippen molar-refractivity contribution >= 4 is 64.1 Å². The molecule has 1 N–H and O–H groups in total. The summed E-state index contributed by atoms with van der Waals surface area (Å²) in [4.78, 5) is 26.2. The zero-order valence-electron chi connectivity index (χ0n) is 12.1. The number of benzene rings is 2. The maximum Gasteiger partial charge on any atom is 0.270 e. The Morgan fingerprint density at radius 2 is 1.46 bits per heavy atom. The van der Waals surface area contributed by atoms with Crippen LogP contribution < -0.4 is 10.2 Å². The van der Waals surface area contributed by atoms with E-state index in [-0.39, 0.29) is 10.7 Å². The molecule has 1 fully saturated rings. The number of thiocarbonyl (C=S) groups is 1. The average molecular weight is 377 g/mol. The third-order valence-electron chi connectivity index (χ3n) is 3.37. The lowest BCUT2D eigenvalue weighted by atomic mass is 10.1. The highest BCUT2D eigenvalue weighted by Gasteiger charge is 2.34. The number of amides is 2. The van der Waals surface area contributed by atoms with Crippen molar-refractivity contribution in [2.45, 2.75) is 0 Å². The van der Waals surface area contributed by atoms with Crippen molar-refractivity contribution in [1.82, 2.24) is 5.32 Å². The van der Waals surface area contributed by atoms with Crippen LogP contribution in [-0.2, 0) is 9.59 Å². The smallest absolute Gasteiger partial charge is 0.270 e. The Morgan fingerprint density at radius 3 is 2.04 bits per heavy atom. The molecule has 2 amide bonds. The predicted octanol–water partition coefficient (Wildman–Crippen LogP) is 3.82. The van der Waals surface area contributed by atoms with Crippen molar-refractivity contribution in [2.75, 3.05) is 4.90 Å². The second kappa shape index (κ2) is 6.73. The predicted molar refractivity (Wildman–Crippen MR) is 99.1 cm³/mol. The van der Waals surface area contributed by atoms with Crippen LogP contribution >= 0.6 is 35.4 Å². The van der Waals surface area contributed by atoms with Crippen LogP contribution in [0.5, 0.6) is 0 Å². The molecule has 4 nitrogen and oxygen atoms in total. The fourth-order valence-corrected chi connectivity index (χ4v) is 2.74. The summed E-state index contributed by atoms with van der Waals surface area (Å²) in [5, 5.41) is 3.66. The van der Waals surface area contributed by atoms with Crippen molar-refractivity contribution in [1.29, 1.82) is 0 Å². The minimum absolute atomic E-state index is 0.0131. The SMILES string of the molecule is O=C1NC(=S)N(c2ccc(Cl)cc2)C(=O)C1=Cc1ccc(Cl)cc1. The Hall–Kier alpha value is -2.21. The van der Waals surface area contributed by atoms with Crippen molar-refractivity contribution < 1.29 is 9.59 Å². The van der Waals surface area contributed by atoms with Gasteiger partial charge in [0.2, 0.25) is 0 Å². The molecule has 0 unspecified atom stereocenters. The number of carbonyl (C=O) groups excluding carboxylic acids is 2. The molecule has 1 saturated heterocycles. The van der Waals surface area contributed by atoms with E-state index in [1.165, 1.54) is 11.0 Å². The summed E-state index contributed by atoms with van der Waals surface area (Å²) in [5.74, 6) is -1.04. The first-order valence-electron chi connectivity index (χ1n) is 6.88. The van der Waals surface area contributed by atoms with Crippen LogP contribution in [0.1, 0.15) is 5.56 Å². The molecule has 0 atom stereocenters. The molecule has 3 rings (SSSR count). The van der Waals surface area contributed by atoms with Gasteiger partial charge in [0, 0.05) is 10.0 Å². The van der Waals surface area contributed by atoms with Gasteiger partial charge in [-0.1, -0.05) is 35.3 Å². The maximum absolute atomic E-state index is 12.8. The summed E-state index contributed by atoms with van der Waals surface area (Å²) >= 11 is 16.8. The van der Waals surface area contributed by atoms with Gasteiger partial charge in [-0.15, -0.1) is 0 Å². The summed E-state index contributed by atoms with van der Waals surface area (Å²) in [6.07, 6.45) is 1.50. The highest BCUT2D eigenvalue weighted by molar-refractivity contribution is 7.80. The van der Waals surface area contributed by atoms with Gasteiger partial charge in [0.15, 0.2) is 5.11 Å². The molecule has 0 aromatic heterocycles. The van der Waals surface area contributed by atoms with Gasteiger partial charge >= 0.3 is 0 Å². The number of nitrogens with zero attached hydrogens (tertiary/aromatic N) is 1. The molecular formula is C17H10Cl2N2O2S. The molecule has 0 spiro atoms. The van der Waals surface area contributed by atoms with Crippen LogP contribution in [0.25, 0.3) is 6.08 Å². The average Bonchev–Trinajstić information content (AvgIpc) is 2.55. The summed E-state index contributed by atoms with van der Waals surface area (Å²) in [7, 11) is 0. The van der Waals surface area contributed by atoms with Crippen LogP contribution in [0.4, 0.5) is 5.69 Å². The van der Waals surface area contributed by atoms with E-state index in [1.807, 2.05) is 0 Å². The van der Waals surface area contributed by atoms with Crippen molar-refractivity contribution in [3.8, 4) is 0 Å². The summed E-state index contributed by atoms with van der Waals surface area (Å²) in [6.45, 7) is 0. The van der Waals surface area contributed by atoms with Gasteiger partial charge in [-0.25, -0.2) is 0 Å². The number of carbonyl (C=O) groups is 2. The Kier molecular flexibility index (Phi) is 4.66. The number of halogens is 2. The summed E-state index contributed by atoms with van der Waals surface area (Å²) < 4.78 is 0. The monoisotopic (exact) mass is 376 g/mol. The third-order valence-corrected chi connectivity index (χ3v) is 4.16. The Morgan fingerprint density at radius 1 is 0.917 bits per heavy atom. The van der Waals surface area contributed by atoms with Gasteiger partial charge in [0.05, 0.1) is 5.69 Å². The second-order valence-corrected chi connectivity index (χ2v) is 6.25. The molecular weight excluding hydrogens is 367 g/mol. The van der Waals surface area contributed by atoms with Crippen molar-refractivity contribution in [3.63, 3.8) is 0 Å². The van der Waals surface area contributed by atoms with E-state index in [4.69, 9.17) is 35.4 Å². The quantitative estimate of drug-likeness (QED) is 0.492. The fourth-order valence-electron chi connectivity index (χ4n) is 2.21. The zero-order chi connectivity index (χ0) is 17.3. The van der Waals surface area contributed by atoms with E-state index in [0.717, 1.165) is 0 Å². The van der Waals surface area contributed by atoms with E-state index in [2.05, 4.69) is 5.32 Å². The molecule has 7 heteroatoms. The normalized spacial score (nSPS) is 16.5. The second-order valence-electron chi connectivity index (χ2n) is 4.99. The number of nitrogens with one attached hydrogen (secondary N) is 1. The number of rotatable bonds is 2. The first-order valence-corrected chi connectivity index (χ1v) is 8.05. The van der Waals surface area contributed by atoms with E-state index < -0.39 is 11.8 Å². The van der Waals surface area contributed by atoms with Gasteiger partial charge in [-0.2, -0.15) is 0 Å². The lowest BCUT2D eigenvalue weighted by Crippen LogP contribution is -2.54. The van der Waals surface area contributed by atoms with E-state index >= 15 is 0 Å². The van der Waals surface area contributed by atoms with Crippen LogP contribution in [0.3, 0.4) is 0 Å². The van der Waals surface area contributed by atoms with E-state index in [1.54, 1.807) is 48.5 Å². The highest BCUT2D eigenvalue weighted by Crippen LogP contribution is 2.24. The molecule has 2 aromatic carbocycles. The van der Waals surface area contributed by atoms with E-state index in [0.29, 0.717) is 21.3 Å². The zero-order valence-corrected chi connectivity index (χ0v) is 14.5. The van der Waals surface area contributed by atoms with Crippen molar-refractivity contribution in [3.05, 3.63) is 69.7 Å². The Balaban J connectivity index is 1.99. The van der Waals surface area contributed by atoms with E-state index in [9.17, 15) is 9.59 Å². The molecule has 0 saturated carbocycles. The molecule has 1 aliphatic heterocycles. The molecule has 0 bridgehead atoms. The van der Waals surface area contributed by atoms with Crippen LogP contribution in [0, 0.1) is 0 Å². The molecule has 2 aromatic rings. The number of hydrogen-bond acceptors (Lipinski definition) is 3. The van der Waals surface area contributed by atoms with Gasteiger partial charge in [0.1, 0.15) is 5.57 Å². The molecule has 1 heterocycles.